The molecule has 1 amide bonds. The van der Waals surface area contributed by atoms with Crippen molar-refractivity contribution < 1.29 is 14.0 Å². The first-order valence-electron chi connectivity index (χ1n) is 7.92. The molecule has 3 aromatic rings. The van der Waals surface area contributed by atoms with E-state index in [0.29, 0.717) is 22.6 Å². The molecule has 6 heteroatoms. The number of nitrogens with zero attached hydrogens (tertiary/aromatic N) is 1. The van der Waals surface area contributed by atoms with E-state index in [0.717, 1.165) is 5.69 Å². The maximum absolute atomic E-state index is 12.9. The minimum absolute atomic E-state index is 0.0135. The number of ketones is 1. The summed E-state index contributed by atoms with van der Waals surface area (Å²) in [5.74, 6) is -0.180. The first-order valence-corrected chi connectivity index (χ1v) is 7.92. The minimum atomic E-state index is -0.396. The van der Waals surface area contributed by atoms with Gasteiger partial charge in [-0.1, -0.05) is 12.1 Å². The fourth-order valence-corrected chi connectivity index (χ4v) is 2.31. The second kappa shape index (κ2) is 7.57. The highest BCUT2D eigenvalue weighted by Crippen LogP contribution is 2.18. The van der Waals surface area contributed by atoms with Gasteiger partial charge in [0, 0.05) is 16.8 Å². The monoisotopic (exact) mass is 349 g/mol. The maximum atomic E-state index is 12.9. The zero-order valence-electron chi connectivity index (χ0n) is 14.0. The predicted octanol–water partition coefficient (Wildman–Crippen LogP) is 4.42. The summed E-state index contributed by atoms with van der Waals surface area (Å²) in [4.78, 5) is 27.8. The van der Waals surface area contributed by atoms with E-state index in [1.807, 2.05) is 6.07 Å². The number of hydrogen-bond donors (Lipinski definition) is 2. The van der Waals surface area contributed by atoms with Gasteiger partial charge in [0.2, 0.25) is 0 Å². The number of rotatable bonds is 5. The van der Waals surface area contributed by atoms with Crippen LogP contribution in [0.2, 0.25) is 0 Å². The molecule has 0 unspecified atom stereocenters. The van der Waals surface area contributed by atoms with Crippen molar-refractivity contribution in [2.45, 2.75) is 6.92 Å². The number of halogens is 1. The van der Waals surface area contributed by atoms with Crippen LogP contribution in [0.5, 0.6) is 0 Å². The quantitative estimate of drug-likeness (QED) is 0.669. The lowest BCUT2D eigenvalue weighted by Gasteiger charge is -2.09. The van der Waals surface area contributed by atoms with Gasteiger partial charge in [0.25, 0.3) is 5.91 Å². The van der Waals surface area contributed by atoms with Crippen molar-refractivity contribution in [3.63, 3.8) is 0 Å². The summed E-state index contributed by atoms with van der Waals surface area (Å²) in [6.07, 6.45) is 1.51. The third-order valence-electron chi connectivity index (χ3n) is 3.67. The second-order valence-corrected chi connectivity index (χ2v) is 5.66. The number of amides is 1. The number of anilines is 3. The first-order chi connectivity index (χ1) is 12.5. The molecule has 1 aromatic heterocycles. The Morgan fingerprint density at radius 2 is 1.69 bits per heavy atom. The van der Waals surface area contributed by atoms with Gasteiger partial charge < -0.3 is 10.6 Å². The van der Waals surface area contributed by atoms with Gasteiger partial charge in [-0.25, -0.2) is 9.37 Å². The molecule has 0 aliphatic heterocycles. The molecular formula is C20H16FN3O2. The average molecular weight is 349 g/mol. The summed E-state index contributed by atoms with van der Waals surface area (Å²) in [5.41, 5.74) is 2.23. The van der Waals surface area contributed by atoms with Crippen molar-refractivity contribution in [1.82, 2.24) is 4.98 Å². The molecule has 5 nitrogen and oxygen atoms in total. The van der Waals surface area contributed by atoms with E-state index in [2.05, 4.69) is 15.6 Å². The van der Waals surface area contributed by atoms with Crippen LogP contribution in [0.25, 0.3) is 0 Å². The summed E-state index contributed by atoms with van der Waals surface area (Å²) in [6.45, 7) is 1.51. The molecule has 0 spiro atoms. The van der Waals surface area contributed by atoms with E-state index < -0.39 is 5.82 Å². The maximum Gasteiger partial charge on any atom is 0.255 e. The molecule has 0 saturated carbocycles. The smallest absolute Gasteiger partial charge is 0.255 e. The second-order valence-electron chi connectivity index (χ2n) is 5.66. The molecule has 2 N–H and O–H groups in total. The van der Waals surface area contributed by atoms with E-state index in [1.165, 1.54) is 37.4 Å². The van der Waals surface area contributed by atoms with Crippen LogP contribution in [0.15, 0.2) is 66.9 Å². The van der Waals surface area contributed by atoms with Crippen LogP contribution in [-0.4, -0.2) is 16.7 Å². The molecule has 2 aromatic carbocycles. The van der Waals surface area contributed by atoms with Gasteiger partial charge in [-0.3, -0.25) is 9.59 Å². The standard InChI is InChI=1S/C20H16FN3O2/c1-13(25)15-3-2-4-17(11-15)23-19-10-9-18(12-22-19)24-20(26)14-5-7-16(21)8-6-14/h2-12H,1H3,(H,22,23)(H,24,26). The minimum Gasteiger partial charge on any atom is -0.340 e. The Morgan fingerprint density at radius 3 is 2.35 bits per heavy atom. The van der Waals surface area contributed by atoms with E-state index in [4.69, 9.17) is 0 Å². The summed E-state index contributed by atoms with van der Waals surface area (Å²) in [7, 11) is 0. The number of aromatic nitrogens is 1. The van der Waals surface area contributed by atoms with Crippen LogP contribution in [0.3, 0.4) is 0 Å². The highest BCUT2D eigenvalue weighted by molar-refractivity contribution is 6.04. The average Bonchev–Trinajstić information content (AvgIpc) is 2.64. The Morgan fingerprint density at radius 1 is 0.923 bits per heavy atom. The van der Waals surface area contributed by atoms with Crippen molar-refractivity contribution in [3.05, 3.63) is 83.8 Å². The number of nitrogens with one attached hydrogen (secondary N) is 2. The summed E-state index contributed by atoms with van der Waals surface area (Å²) in [6, 6.07) is 15.8. The summed E-state index contributed by atoms with van der Waals surface area (Å²) in [5, 5.41) is 5.80. The normalized spacial score (nSPS) is 10.2. The molecule has 0 fully saturated rings. The van der Waals surface area contributed by atoms with Gasteiger partial charge in [-0.15, -0.1) is 0 Å². The van der Waals surface area contributed by atoms with Gasteiger partial charge in [-0.2, -0.15) is 0 Å². The van der Waals surface area contributed by atoms with Crippen molar-refractivity contribution in [2.24, 2.45) is 0 Å². The van der Waals surface area contributed by atoms with Crippen molar-refractivity contribution in [1.29, 1.82) is 0 Å². The molecule has 0 bridgehead atoms. The summed E-state index contributed by atoms with van der Waals surface area (Å²) >= 11 is 0. The van der Waals surface area contributed by atoms with Crippen LogP contribution in [0, 0.1) is 5.82 Å². The lowest BCUT2D eigenvalue weighted by atomic mass is 10.1. The molecule has 26 heavy (non-hydrogen) atoms. The van der Waals surface area contributed by atoms with Crippen molar-refractivity contribution >= 4 is 28.9 Å². The van der Waals surface area contributed by atoms with Crippen LogP contribution >= 0.6 is 0 Å². The Hall–Kier alpha value is -3.54. The lowest BCUT2D eigenvalue weighted by molar-refractivity contribution is 0.101. The topological polar surface area (TPSA) is 71.1 Å². The SMILES string of the molecule is CC(=O)c1cccc(Nc2ccc(NC(=O)c3ccc(F)cc3)cn2)c1. The molecule has 0 radical (unpaired) electrons. The van der Waals surface area contributed by atoms with Gasteiger partial charge in [0.05, 0.1) is 11.9 Å². The van der Waals surface area contributed by atoms with E-state index in [-0.39, 0.29) is 11.7 Å². The third-order valence-corrected chi connectivity index (χ3v) is 3.67. The number of pyridine rings is 1. The van der Waals surface area contributed by atoms with Crippen molar-refractivity contribution in [2.75, 3.05) is 10.6 Å². The number of carbonyl (C=O) groups is 2. The molecule has 1 heterocycles. The highest BCUT2D eigenvalue weighted by atomic mass is 19.1. The Labute approximate surface area is 149 Å². The van der Waals surface area contributed by atoms with Crippen LogP contribution in [0.4, 0.5) is 21.6 Å². The van der Waals surface area contributed by atoms with E-state index in [9.17, 15) is 14.0 Å². The molecular weight excluding hydrogens is 333 g/mol. The number of benzene rings is 2. The van der Waals surface area contributed by atoms with Crippen LogP contribution in [0.1, 0.15) is 27.6 Å². The Balaban J connectivity index is 1.66. The number of hydrogen-bond acceptors (Lipinski definition) is 4. The van der Waals surface area contributed by atoms with Crippen LogP contribution in [-0.2, 0) is 0 Å². The van der Waals surface area contributed by atoms with Gasteiger partial charge in [-0.05, 0) is 55.5 Å². The largest absolute Gasteiger partial charge is 0.340 e. The third kappa shape index (κ3) is 4.30. The Bertz CT molecular complexity index is 938. The van der Waals surface area contributed by atoms with Crippen LogP contribution < -0.4 is 10.6 Å². The van der Waals surface area contributed by atoms with Gasteiger partial charge in [0.15, 0.2) is 5.78 Å². The summed E-state index contributed by atoms with van der Waals surface area (Å²) < 4.78 is 12.9. The predicted molar refractivity (Wildman–Crippen MR) is 98.3 cm³/mol. The van der Waals surface area contributed by atoms with Gasteiger partial charge >= 0.3 is 0 Å². The molecule has 0 saturated heterocycles. The Kier molecular flexibility index (Phi) is 5.03. The van der Waals surface area contributed by atoms with Gasteiger partial charge in [0.1, 0.15) is 11.6 Å². The van der Waals surface area contributed by atoms with E-state index >= 15 is 0 Å². The van der Waals surface area contributed by atoms with Crippen molar-refractivity contribution in [3.8, 4) is 0 Å². The molecule has 0 atom stereocenters. The molecule has 130 valence electrons. The fraction of sp³-hybridized carbons (Fsp3) is 0.0500. The molecule has 0 aliphatic carbocycles. The molecule has 0 aliphatic rings. The zero-order valence-corrected chi connectivity index (χ0v) is 14.0. The lowest BCUT2D eigenvalue weighted by Crippen LogP contribution is -2.12. The highest BCUT2D eigenvalue weighted by Gasteiger charge is 2.07. The fourth-order valence-electron chi connectivity index (χ4n) is 2.31. The molecule has 3 rings (SSSR count). The van der Waals surface area contributed by atoms with E-state index in [1.54, 1.807) is 30.3 Å². The number of Topliss-reactive ketones (excluding diaryl/α,β-unsaturated/α-hetero) is 1. The number of carbonyl (C=O) groups excluding carboxylic acids is 2. The zero-order chi connectivity index (χ0) is 18.5. The first kappa shape index (κ1) is 17.3.